The van der Waals surface area contributed by atoms with Gasteiger partial charge >= 0.3 is 0 Å². The highest BCUT2D eigenvalue weighted by Gasteiger charge is 2.56. The van der Waals surface area contributed by atoms with Crippen molar-refractivity contribution in [3.8, 4) is 0 Å². The van der Waals surface area contributed by atoms with Gasteiger partial charge < -0.3 is 21.3 Å². The van der Waals surface area contributed by atoms with Crippen molar-refractivity contribution < 1.29 is 19.2 Å². The average molecular weight is 346 g/mol. The van der Waals surface area contributed by atoms with Crippen LogP contribution in [0, 0.1) is 0 Å². The molecule has 0 fully saturated rings. The van der Waals surface area contributed by atoms with Crippen molar-refractivity contribution in [2.45, 2.75) is 33.2 Å². The molecule has 4 N–H and O–H groups in total. The van der Waals surface area contributed by atoms with Gasteiger partial charge in [0.15, 0.2) is 0 Å². The first kappa shape index (κ1) is 18.4. The molecular weight excluding hydrogens is 324 g/mol. The minimum absolute atomic E-state index is 0.154. The molecule has 1 unspecified atom stereocenters. The standard InChI is InChI=1S/C17H22N4O4/c1-9(22)18-7-15(20-11(3)24)13-5-6-14-16(13)17(14,21-12(4)25)8-19-10(2)23/h5-6H,7-8H2,1-4H3,(H,18,22)(H,19,23)(H,20,24)(H,21,25). The molecule has 0 spiro atoms. The lowest BCUT2D eigenvalue weighted by atomic mass is 9.98. The maximum absolute atomic E-state index is 11.6. The van der Waals surface area contributed by atoms with E-state index in [1.165, 1.54) is 27.7 Å². The van der Waals surface area contributed by atoms with Gasteiger partial charge in [-0.2, -0.15) is 0 Å². The number of carbonyl (C=O) groups is 4. The summed E-state index contributed by atoms with van der Waals surface area (Å²) in [4.78, 5) is 45.6. The van der Waals surface area contributed by atoms with Gasteiger partial charge in [-0.25, -0.2) is 0 Å². The van der Waals surface area contributed by atoms with E-state index in [9.17, 15) is 19.2 Å². The third kappa shape index (κ3) is 3.96. The predicted molar refractivity (Wildman–Crippen MR) is 90.9 cm³/mol. The predicted octanol–water partition coefficient (Wildman–Crippen LogP) is -0.596. The molecule has 0 aromatic rings. The minimum Gasteiger partial charge on any atom is -0.353 e. The second-order valence-corrected chi connectivity index (χ2v) is 6.10. The molecule has 0 bridgehead atoms. The largest absolute Gasteiger partial charge is 0.353 e. The summed E-state index contributed by atoms with van der Waals surface area (Å²) in [5, 5.41) is 11.0. The molecule has 0 aromatic heterocycles. The Labute approximate surface area is 145 Å². The van der Waals surface area contributed by atoms with E-state index < -0.39 is 5.54 Å². The van der Waals surface area contributed by atoms with Crippen LogP contribution in [0.5, 0.6) is 0 Å². The topological polar surface area (TPSA) is 116 Å². The zero-order valence-corrected chi connectivity index (χ0v) is 14.7. The SMILES string of the molecule is CC(=O)NCC(NC(C)=O)=C1C=CC2=C1C2(CNC(C)=O)NC(C)=O. The van der Waals surface area contributed by atoms with E-state index in [4.69, 9.17) is 0 Å². The van der Waals surface area contributed by atoms with Crippen molar-refractivity contribution in [1.82, 2.24) is 21.3 Å². The van der Waals surface area contributed by atoms with Gasteiger partial charge in [0.25, 0.3) is 0 Å². The maximum Gasteiger partial charge on any atom is 0.221 e. The number of rotatable bonds is 6. The second-order valence-electron chi connectivity index (χ2n) is 6.10. The van der Waals surface area contributed by atoms with Crippen LogP contribution in [0.4, 0.5) is 0 Å². The highest BCUT2D eigenvalue weighted by Crippen LogP contribution is 2.53. The number of allylic oxidation sites excluding steroid dienone is 1. The summed E-state index contributed by atoms with van der Waals surface area (Å²) < 4.78 is 0. The number of nitrogens with one attached hydrogen (secondary N) is 4. The third-order valence-corrected chi connectivity index (χ3v) is 3.94. The highest BCUT2D eigenvalue weighted by atomic mass is 16.2. The van der Waals surface area contributed by atoms with E-state index in [1.54, 1.807) is 0 Å². The molecule has 0 saturated carbocycles. The van der Waals surface area contributed by atoms with Crippen LogP contribution < -0.4 is 21.3 Å². The molecular formula is C17H22N4O4. The van der Waals surface area contributed by atoms with Crippen LogP contribution in [-0.2, 0) is 19.2 Å². The molecule has 0 aliphatic heterocycles. The lowest BCUT2D eigenvalue weighted by molar-refractivity contribution is -0.121. The molecule has 2 rings (SSSR count). The summed E-state index contributed by atoms with van der Waals surface area (Å²) in [5.41, 5.74) is 2.24. The second kappa shape index (κ2) is 6.92. The van der Waals surface area contributed by atoms with Gasteiger partial charge in [-0.15, -0.1) is 0 Å². The molecule has 4 amide bonds. The molecule has 134 valence electrons. The van der Waals surface area contributed by atoms with Gasteiger partial charge in [0, 0.05) is 45.5 Å². The average Bonchev–Trinajstić information content (AvgIpc) is 2.87. The van der Waals surface area contributed by atoms with Gasteiger partial charge in [-0.05, 0) is 11.1 Å². The summed E-state index contributed by atoms with van der Waals surface area (Å²) in [6.45, 7) is 5.97. The first-order valence-electron chi connectivity index (χ1n) is 7.89. The van der Waals surface area contributed by atoms with Crippen LogP contribution in [-0.4, -0.2) is 42.3 Å². The van der Waals surface area contributed by atoms with E-state index >= 15 is 0 Å². The van der Waals surface area contributed by atoms with E-state index in [1.807, 2.05) is 12.2 Å². The lowest BCUT2D eigenvalue weighted by Crippen LogP contribution is -2.49. The smallest absolute Gasteiger partial charge is 0.221 e. The normalized spacial score (nSPS) is 22.1. The number of amides is 4. The molecule has 0 heterocycles. The third-order valence-electron chi connectivity index (χ3n) is 3.94. The Balaban J connectivity index is 2.32. The molecule has 25 heavy (non-hydrogen) atoms. The van der Waals surface area contributed by atoms with Crippen molar-refractivity contribution in [2.24, 2.45) is 0 Å². The quantitative estimate of drug-likeness (QED) is 0.514. The molecule has 8 heteroatoms. The van der Waals surface area contributed by atoms with E-state index in [-0.39, 0.29) is 36.7 Å². The fourth-order valence-corrected chi connectivity index (χ4v) is 2.99. The van der Waals surface area contributed by atoms with Crippen LogP contribution in [0.25, 0.3) is 0 Å². The Bertz CT molecular complexity index is 748. The lowest BCUT2D eigenvalue weighted by Gasteiger charge is -2.24. The Morgan fingerprint density at radius 1 is 0.880 bits per heavy atom. The van der Waals surface area contributed by atoms with Crippen LogP contribution >= 0.6 is 0 Å². The van der Waals surface area contributed by atoms with Crippen LogP contribution in [0.3, 0.4) is 0 Å². The molecule has 2 aliphatic rings. The first-order chi connectivity index (χ1) is 11.7. The Morgan fingerprint density at radius 3 is 2.04 bits per heavy atom. The first-order valence-corrected chi connectivity index (χ1v) is 7.89. The Kier molecular flexibility index (Phi) is 5.10. The van der Waals surface area contributed by atoms with Gasteiger partial charge in [0.05, 0.1) is 6.54 Å². The zero-order valence-electron chi connectivity index (χ0n) is 14.7. The summed E-state index contributed by atoms with van der Waals surface area (Å²) in [5.74, 6) is -0.911. The van der Waals surface area contributed by atoms with Crippen molar-refractivity contribution in [3.05, 3.63) is 34.6 Å². The van der Waals surface area contributed by atoms with E-state index in [2.05, 4.69) is 21.3 Å². The number of hydrogen-bond acceptors (Lipinski definition) is 4. The van der Waals surface area contributed by atoms with Crippen LogP contribution in [0.15, 0.2) is 34.6 Å². The Morgan fingerprint density at radius 2 is 1.52 bits per heavy atom. The molecule has 1 atom stereocenters. The summed E-state index contributed by atoms with van der Waals surface area (Å²) in [6.07, 6.45) is 3.67. The Hall–Kier alpha value is -2.90. The van der Waals surface area contributed by atoms with Crippen LogP contribution in [0.1, 0.15) is 27.7 Å². The summed E-state index contributed by atoms with van der Waals surface area (Å²) >= 11 is 0. The molecule has 0 saturated heterocycles. The highest BCUT2D eigenvalue weighted by molar-refractivity contribution is 5.87. The van der Waals surface area contributed by atoms with Gasteiger partial charge in [-0.1, -0.05) is 12.2 Å². The molecule has 8 nitrogen and oxygen atoms in total. The van der Waals surface area contributed by atoms with E-state index in [0.29, 0.717) is 5.70 Å². The molecule has 2 aliphatic carbocycles. The van der Waals surface area contributed by atoms with Gasteiger partial charge in [0.1, 0.15) is 5.54 Å². The molecule has 0 aromatic carbocycles. The molecule has 0 radical (unpaired) electrons. The fourth-order valence-electron chi connectivity index (χ4n) is 2.99. The van der Waals surface area contributed by atoms with Crippen LogP contribution in [0.2, 0.25) is 0 Å². The summed E-state index contributed by atoms with van der Waals surface area (Å²) in [6, 6.07) is 0. The van der Waals surface area contributed by atoms with E-state index in [0.717, 1.165) is 16.7 Å². The van der Waals surface area contributed by atoms with Gasteiger partial charge in [-0.3, -0.25) is 19.2 Å². The van der Waals surface area contributed by atoms with Crippen molar-refractivity contribution >= 4 is 23.6 Å². The van der Waals surface area contributed by atoms with Crippen molar-refractivity contribution in [2.75, 3.05) is 13.1 Å². The number of hydrogen-bond donors (Lipinski definition) is 4. The monoisotopic (exact) mass is 346 g/mol. The van der Waals surface area contributed by atoms with Crippen molar-refractivity contribution in [1.29, 1.82) is 0 Å². The van der Waals surface area contributed by atoms with Gasteiger partial charge in [0.2, 0.25) is 23.6 Å². The van der Waals surface area contributed by atoms with Crippen molar-refractivity contribution in [3.63, 3.8) is 0 Å². The summed E-state index contributed by atoms with van der Waals surface area (Å²) in [7, 11) is 0. The fraction of sp³-hybridized carbons (Fsp3) is 0.412. The zero-order chi connectivity index (χ0) is 18.8. The minimum atomic E-state index is -0.762. The number of carbonyl (C=O) groups excluding carboxylic acids is 4. The maximum atomic E-state index is 11.6.